The van der Waals surface area contributed by atoms with Crippen LogP contribution in [-0.4, -0.2) is 7.63 Å². The Morgan fingerprint density at radius 1 is 0.786 bits per heavy atom. The van der Waals surface area contributed by atoms with E-state index in [0.29, 0.717) is 11.8 Å². The third-order valence-electron chi connectivity index (χ3n) is 6.71. The molecule has 0 N–H and O–H groups in total. The second kappa shape index (κ2) is 10.7. The molecule has 4 heteroatoms. The Morgan fingerprint density at radius 3 is 1.36 bits per heavy atom. The summed E-state index contributed by atoms with van der Waals surface area (Å²) >= 11 is -2.86. The quantitative estimate of drug-likeness (QED) is 0.308. The first-order valence-corrected chi connectivity index (χ1v) is 19.6. The van der Waals surface area contributed by atoms with E-state index in [-0.39, 0.29) is 24.8 Å². The molecule has 162 valence electrons. The van der Waals surface area contributed by atoms with E-state index < -0.39 is 14.0 Å². The van der Waals surface area contributed by atoms with Crippen LogP contribution in [0.25, 0.3) is 0 Å². The number of hydrogen-bond donors (Lipinski definition) is 0. The molecule has 0 fully saturated rings. The van der Waals surface area contributed by atoms with Gasteiger partial charge in [0.1, 0.15) is 0 Å². The maximum absolute atomic E-state index is 2.86. The zero-order chi connectivity index (χ0) is 19.7. The SMILES string of the molecule is CCCC1=[C]([Ti]([CH3])([CH3])(=[SiH2])[C]2=C(CCC)C=C(C(C)C)C2)CC(C(C)C)=C1.Cl.Cl. The first kappa shape index (κ1) is 28.5. The predicted molar refractivity (Wildman–Crippen MR) is 134 cm³/mol. The van der Waals surface area contributed by atoms with Crippen molar-refractivity contribution in [2.75, 3.05) is 0 Å². The summed E-state index contributed by atoms with van der Waals surface area (Å²) in [5.41, 5.74) is 6.80. The van der Waals surface area contributed by atoms with Gasteiger partial charge >= 0.3 is 166 Å². The van der Waals surface area contributed by atoms with Crippen LogP contribution in [0.15, 0.2) is 42.2 Å². The maximum atomic E-state index is 2.72. The molecule has 0 aliphatic heterocycles. The summed E-state index contributed by atoms with van der Waals surface area (Å²) in [6.07, 6.45) is 12.8. The van der Waals surface area contributed by atoms with Crippen LogP contribution in [-0.2, 0) is 14.0 Å². The molecule has 0 radical (unpaired) electrons. The van der Waals surface area contributed by atoms with Crippen LogP contribution in [0, 0.1) is 11.8 Å². The number of halogens is 2. The smallest absolute Gasteiger partial charge is 0.147 e. The average Bonchev–Trinajstić information content (AvgIpc) is 3.13. The van der Waals surface area contributed by atoms with Crippen molar-refractivity contribution in [3.05, 3.63) is 42.2 Å². The summed E-state index contributed by atoms with van der Waals surface area (Å²) in [4.78, 5) is 0. The van der Waals surface area contributed by atoms with Crippen molar-refractivity contribution < 1.29 is 14.0 Å². The third-order valence-corrected chi connectivity index (χ3v) is 17.8. The van der Waals surface area contributed by atoms with Crippen molar-refractivity contribution in [2.45, 2.75) is 90.5 Å². The predicted octanol–water partition coefficient (Wildman–Crippen LogP) is 8.24. The van der Waals surface area contributed by atoms with Crippen molar-refractivity contribution in [3.8, 4) is 0 Å². The molecule has 28 heavy (non-hydrogen) atoms. The molecule has 0 bridgehead atoms. The molecule has 0 unspecified atom stereocenters. The fourth-order valence-electron chi connectivity index (χ4n) is 4.86. The van der Waals surface area contributed by atoms with Crippen molar-refractivity contribution in [1.29, 1.82) is 0 Å². The van der Waals surface area contributed by atoms with Gasteiger partial charge in [-0.1, -0.05) is 0 Å². The maximum Gasteiger partial charge on any atom is -0.147 e. The molecule has 2 rings (SSSR count). The van der Waals surface area contributed by atoms with E-state index in [1.165, 1.54) is 38.5 Å². The van der Waals surface area contributed by atoms with E-state index in [1.807, 2.05) is 7.76 Å². The fourth-order valence-corrected chi connectivity index (χ4v) is 14.6. The van der Waals surface area contributed by atoms with Gasteiger partial charge in [-0.2, -0.15) is 0 Å². The minimum atomic E-state index is -2.86. The van der Waals surface area contributed by atoms with Gasteiger partial charge in [0.2, 0.25) is 0 Å². The summed E-state index contributed by atoms with van der Waals surface area (Å²) in [5, 5.41) is 5.44. The fraction of sp³-hybridized carbons (Fsp3) is 0.667. The zero-order valence-corrected chi connectivity index (χ0v) is 24.2. The minimum absolute atomic E-state index is 0. The first-order chi connectivity index (χ1) is 12.0. The summed E-state index contributed by atoms with van der Waals surface area (Å²) in [5.74, 6) is 1.37. The van der Waals surface area contributed by atoms with Crippen molar-refractivity contribution >= 4 is 32.4 Å². The number of hydrogen-bond acceptors (Lipinski definition) is 0. The van der Waals surface area contributed by atoms with Gasteiger partial charge in [0, 0.05) is 0 Å². The molecule has 2 aliphatic rings. The second-order valence-corrected chi connectivity index (χ2v) is 29.3. The van der Waals surface area contributed by atoms with Gasteiger partial charge < -0.3 is 0 Å². The van der Waals surface area contributed by atoms with E-state index in [9.17, 15) is 0 Å². The molecular weight excluding hydrogens is 435 g/mol. The summed E-state index contributed by atoms with van der Waals surface area (Å²) in [6, 6.07) is 0. The van der Waals surface area contributed by atoms with Crippen molar-refractivity contribution in [1.82, 2.24) is 0 Å². The van der Waals surface area contributed by atoms with Crippen LogP contribution in [0.3, 0.4) is 0 Å². The third kappa shape index (κ3) is 5.79. The van der Waals surface area contributed by atoms with Crippen molar-refractivity contribution in [3.63, 3.8) is 0 Å². The second-order valence-electron chi connectivity index (χ2n) is 10.3. The largest absolute Gasteiger partial charge is 0.147 e. The topological polar surface area (TPSA) is 0 Å². The molecule has 0 amide bonds. The minimum Gasteiger partial charge on any atom is -0.147 e. The average molecular weight is 479 g/mol. The van der Waals surface area contributed by atoms with Crippen LogP contribution >= 0.6 is 24.8 Å². The monoisotopic (exact) mass is 478 g/mol. The Balaban J connectivity index is 0.00000364. The van der Waals surface area contributed by atoms with Gasteiger partial charge in [-0.25, -0.2) is 0 Å². The van der Waals surface area contributed by atoms with Crippen LogP contribution in [0.4, 0.5) is 0 Å². The van der Waals surface area contributed by atoms with E-state index >= 15 is 0 Å². The van der Waals surface area contributed by atoms with Gasteiger partial charge in [0.15, 0.2) is 0 Å². The van der Waals surface area contributed by atoms with Crippen LogP contribution in [0.2, 0.25) is 10.5 Å². The normalized spacial score (nSPS) is 17.8. The van der Waals surface area contributed by atoms with Gasteiger partial charge in [-0.3, -0.25) is 0 Å². The van der Waals surface area contributed by atoms with E-state index in [0.717, 1.165) is 0 Å². The molecule has 0 spiro atoms. The Bertz CT molecular complexity index is 699. The zero-order valence-electron chi connectivity index (χ0n) is 19.6. The van der Waals surface area contributed by atoms with Gasteiger partial charge in [-0.05, 0) is 0 Å². The van der Waals surface area contributed by atoms with Gasteiger partial charge in [0.25, 0.3) is 0 Å². The van der Waals surface area contributed by atoms with Crippen LogP contribution in [0.1, 0.15) is 80.1 Å². The van der Waals surface area contributed by atoms with E-state index in [1.54, 1.807) is 22.3 Å². The Labute approximate surface area is 190 Å². The molecule has 0 saturated carbocycles. The number of allylic oxidation sites excluding steroid dienone is 8. The van der Waals surface area contributed by atoms with Crippen molar-refractivity contribution in [2.24, 2.45) is 11.8 Å². The van der Waals surface area contributed by atoms with Crippen LogP contribution in [0.5, 0.6) is 0 Å². The summed E-state index contributed by atoms with van der Waals surface area (Å²) in [6.45, 7) is 14.2. The molecule has 0 aromatic rings. The molecule has 0 aromatic carbocycles. The Morgan fingerprint density at radius 2 is 1.11 bits per heavy atom. The van der Waals surface area contributed by atoms with Gasteiger partial charge in [0.05, 0.1) is 0 Å². The molecule has 0 atom stereocenters. The first-order valence-electron chi connectivity index (χ1n) is 10.9. The standard InChI is InChI=1S/2C11H17.2CH3.2ClH.H2Si.Ti/c2*1-4-5-10-6-7-11(8-10)9(2)3;;;;;;/h2*8-9H,4-5,7H2,1-3H3;2*1H3;2*1H;1H2;. The molecular formula is C24H44Cl2SiTi. The Kier molecular flexibility index (Phi) is 10.9. The molecule has 0 nitrogen and oxygen atoms in total. The summed E-state index contributed by atoms with van der Waals surface area (Å²) < 4.78 is 3.79. The molecule has 0 aromatic heterocycles. The molecule has 0 saturated heterocycles. The van der Waals surface area contributed by atoms with E-state index in [2.05, 4.69) is 71.8 Å². The van der Waals surface area contributed by atoms with E-state index in [4.69, 9.17) is 0 Å². The number of rotatable bonds is 8. The molecule has 2 aliphatic carbocycles. The Hall–Kier alpha value is 0.471. The van der Waals surface area contributed by atoms with Crippen LogP contribution < -0.4 is 0 Å². The summed E-state index contributed by atoms with van der Waals surface area (Å²) in [7, 11) is 2.44. The van der Waals surface area contributed by atoms with Gasteiger partial charge in [-0.15, -0.1) is 24.8 Å². The molecule has 0 heterocycles.